The molecule has 0 saturated carbocycles. The minimum atomic E-state index is -0.508. The normalized spacial score (nSPS) is 11.2. The zero-order valence-corrected chi connectivity index (χ0v) is 12.3. The lowest BCUT2D eigenvalue weighted by Crippen LogP contribution is -2.19. The van der Waals surface area contributed by atoms with Crippen molar-refractivity contribution in [1.82, 2.24) is 25.4 Å². The van der Waals surface area contributed by atoms with Crippen LogP contribution in [0.1, 0.15) is 21.7 Å². The molecule has 0 bridgehead atoms. The number of carbonyl (C=O) groups is 1. The van der Waals surface area contributed by atoms with Gasteiger partial charge in [0.2, 0.25) is 5.95 Å². The number of hydrogen-bond acceptors (Lipinski definition) is 4. The van der Waals surface area contributed by atoms with E-state index in [1.165, 1.54) is 19.5 Å². The van der Waals surface area contributed by atoms with E-state index in [4.69, 9.17) is 0 Å². The van der Waals surface area contributed by atoms with Crippen molar-refractivity contribution in [3.8, 4) is 0 Å². The molecule has 9 heteroatoms. The van der Waals surface area contributed by atoms with Gasteiger partial charge >= 0.3 is 0 Å². The molecule has 0 aliphatic rings. The Bertz CT molecular complexity index is 646. The van der Waals surface area contributed by atoms with Gasteiger partial charge in [-0.1, -0.05) is 0 Å². The van der Waals surface area contributed by atoms with Crippen LogP contribution in [-0.2, 0) is 7.05 Å². The molecular formula is C10H10FIN6O. The van der Waals surface area contributed by atoms with E-state index in [1.54, 1.807) is 6.92 Å². The second-order valence-electron chi connectivity index (χ2n) is 3.71. The van der Waals surface area contributed by atoms with Crippen molar-refractivity contribution >= 4 is 34.7 Å². The van der Waals surface area contributed by atoms with Gasteiger partial charge in [0, 0.05) is 7.05 Å². The minimum absolute atomic E-state index is 0.238. The van der Waals surface area contributed by atoms with E-state index in [2.05, 4.69) is 25.8 Å². The third kappa shape index (κ3) is 2.80. The van der Waals surface area contributed by atoms with Gasteiger partial charge in [-0.05, 0) is 29.5 Å². The molecule has 2 aromatic rings. The smallest absolute Gasteiger partial charge is 0.272 e. The van der Waals surface area contributed by atoms with E-state index < -0.39 is 11.9 Å². The number of halogens is 2. The second-order valence-corrected chi connectivity index (χ2v) is 4.87. The van der Waals surface area contributed by atoms with Gasteiger partial charge in [-0.25, -0.2) is 10.1 Å². The molecule has 2 rings (SSSR count). The molecule has 0 saturated heterocycles. The summed E-state index contributed by atoms with van der Waals surface area (Å²) in [6, 6.07) is 0. The highest BCUT2D eigenvalue weighted by Crippen LogP contribution is 2.09. The maximum absolute atomic E-state index is 13.6. The molecule has 2 N–H and O–H groups in total. The van der Waals surface area contributed by atoms with Gasteiger partial charge in [-0.3, -0.25) is 9.89 Å². The topological polar surface area (TPSA) is 88.0 Å². The summed E-state index contributed by atoms with van der Waals surface area (Å²) >= 11 is 1.97. The van der Waals surface area contributed by atoms with E-state index >= 15 is 0 Å². The van der Waals surface area contributed by atoms with Gasteiger partial charge in [-0.15, -0.1) is 0 Å². The van der Waals surface area contributed by atoms with Crippen molar-refractivity contribution in [2.45, 2.75) is 6.92 Å². The molecule has 1 amide bonds. The number of H-pyrrole nitrogens is 1. The lowest BCUT2D eigenvalue weighted by atomic mass is 10.3. The Morgan fingerprint density at radius 2 is 2.42 bits per heavy atom. The van der Waals surface area contributed by atoms with E-state index in [0.29, 0.717) is 15.0 Å². The number of nitrogens with one attached hydrogen (secondary N) is 2. The number of aromatic amines is 1. The van der Waals surface area contributed by atoms with Crippen LogP contribution in [0.25, 0.3) is 0 Å². The SMILES string of the molecule is Cc1nn(C)c(F)c1/C=N\NC(=O)c1[nH]ncc1I. The molecule has 7 nitrogen and oxygen atoms in total. The first kappa shape index (κ1) is 13.6. The number of nitrogens with zero attached hydrogens (tertiary/aromatic N) is 4. The molecule has 100 valence electrons. The van der Waals surface area contributed by atoms with Crippen LogP contribution in [0.5, 0.6) is 0 Å². The first-order chi connectivity index (χ1) is 9.00. The molecular weight excluding hydrogens is 366 g/mol. The van der Waals surface area contributed by atoms with E-state index in [1.807, 2.05) is 22.6 Å². The zero-order valence-electron chi connectivity index (χ0n) is 10.1. The van der Waals surface area contributed by atoms with Gasteiger partial charge in [-0.2, -0.15) is 19.7 Å². The summed E-state index contributed by atoms with van der Waals surface area (Å²) in [5.74, 6) is -0.952. The monoisotopic (exact) mass is 376 g/mol. The molecule has 2 heterocycles. The van der Waals surface area contributed by atoms with Gasteiger partial charge in [0.05, 0.1) is 27.2 Å². The average molecular weight is 376 g/mol. The first-order valence-corrected chi connectivity index (χ1v) is 6.30. The minimum Gasteiger partial charge on any atom is -0.272 e. The molecule has 0 unspecified atom stereocenters. The van der Waals surface area contributed by atoms with Gasteiger partial charge < -0.3 is 0 Å². The fourth-order valence-electron chi connectivity index (χ4n) is 1.44. The predicted octanol–water partition coefficient (Wildman–Crippen LogP) is 0.959. The lowest BCUT2D eigenvalue weighted by Gasteiger charge is -1.96. The number of hydrogen-bond donors (Lipinski definition) is 2. The maximum Gasteiger partial charge on any atom is 0.290 e. The van der Waals surface area contributed by atoms with Crippen molar-refractivity contribution in [2.24, 2.45) is 12.1 Å². The van der Waals surface area contributed by atoms with Gasteiger partial charge in [0.15, 0.2) is 0 Å². The van der Waals surface area contributed by atoms with Crippen LogP contribution >= 0.6 is 22.6 Å². The summed E-state index contributed by atoms with van der Waals surface area (Å²) < 4.78 is 15.3. The van der Waals surface area contributed by atoms with Crippen molar-refractivity contribution in [3.05, 3.63) is 32.7 Å². The van der Waals surface area contributed by atoms with E-state index in [0.717, 1.165) is 4.68 Å². The lowest BCUT2D eigenvalue weighted by molar-refractivity contribution is 0.0949. The van der Waals surface area contributed by atoms with Crippen LogP contribution in [-0.4, -0.2) is 32.1 Å². The number of aromatic nitrogens is 4. The van der Waals surface area contributed by atoms with Crippen molar-refractivity contribution in [1.29, 1.82) is 0 Å². The Labute approximate surface area is 121 Å². The second kappa shape index (κ2) is 5.47. The summed E-state index contributed by atoms with van der Waals surface area (Å²) in [4.78, 5) is 11.7. The van der Waals surface area contributed by atoms with Crippen LogP contribution in [0.2, 0.25) is 0 Å². The molecule has 2 aromatic heterocycles. The Hall–Kier alpha value is -1.78. The van der Waals surface area contributed by atoms with Gasteiger partial charge in [0.1, 0.15) is 5.69 Å². The predicted molar refractivity (Wildman–Crippen MR) is 74.3 cm³/mol. The Morgan fingerprint density at radius 3 is 2.95 bits per heavy atom. The van der Waals surface area contributed by atoms with Crippen LogP contribution < -0.4 is 5.43 Å². The largest absolute Gasteiger partial charge is 0.290 e. The first-order valence-electron chi connectivity index (χ1n) is 5.22. The van der Waals surface area contributed by atoms with Crippen molar-refractivity contribution < 1.29 is 9.18 Å². The third-order valence-corrected chi connectivity index (χ3v) is 3.19. The molecule has 0 aliphatic heterocycles. The van der Waals surface area contributed by atoms with Crippen LogP contribution in [0.3, 0.4) is 0 Å². The fourth-order valence-corrected chi connectivity index (χ4v) is 1.94. The molecule has 0 atom stereocenters. The Balaban J connectivity index is 2.09. The van der Waals surface area contributed by atoms with Crippen LogP contribution in [0.15, 0.2) is 11.3 Å². The van der Waals surface area contributed by atoms with E-state index in [9.17, 15) is 9.18 Å². The van der Waals surface area contributed by atoms with Crippen LogP contribution in [0.4, 0.5) is 4.39 Å². The number of amides is 1. The number of rotatable bonds is 3. The number of hydrazone groups is 1. The molecule has 0 radical (unpaired) electrons. The molecule has 19 heavy (non-hydrogen) atoms. The summed E-state index contributed by atoms with van der Waals surface area (Å²) in [6.45, 7) is 1.66. The quantitative estimate of drug-likeness (QED) is 0.475. The van der Waals surface area contributed by atoms with Crippen LogP contribution in [0, 0.1) is 16.4 Å². The maximum atomic E-state index is 13.6. The Morgan fingerprint density at radius 1 is 1.68 bits per heavy atom. The molecule has 0 spiro atoms. The highest BCUT2D eigenvalue weighted by Gasteiger charge is 2.12. The van der Waals surface area contributed by atoms with Crippen molar-refractivity contribution in [2.75, 3.05) is 0 Å². The summed E-state index contributed by atoms with van der Waals surface area (Å²) in [5.41, 5.74) is 3.33. The summed E-state index contributed by atoms with van der Waals surface area (Å²) in [6.07, 6.45) is 2.74. The standard InChI is InChI=1S/C10H10FIN6O/c1-5-6(9(11)18(2)17-5)3-13-16-10(19)8-7(12)4-14-15-8/h3-4H,1-2H3,(H,14,15)(H,16,19)/b13-3-. The summed E-state index contributed by atoms with van der Waals surface area (Å²) in [5, 5.41) is 13.9. The third-order valence-electron chi connectivity index (χ3n) is 2.38. The molecule has 0 aromatic carbocycles. The van der Waals surface area contributed by atoms with Crippen molar-refractivity contribution in [3.63, 3.8) is 0 Å². The number of aryl methyl sites for hydroxylation is 2. The fraction of sp³-hybridized carbons (Fsp3) is 0.200. The Kier molecular flexibility index (Phi) is 3.93. The van der Waals surface area contributed by atoms with E-state index in [-0.39, 0.29) is 5.56 Å². The molecule has 0 aliphatic carbocycles. The number of carbonyl (C=O) groups excluding carboxylic acids is 1. The highest BCUT2D eigenvalue weighted by molar-refractivity contribution is 14.1. The summed E-state index contributed by atoms with van der Waals surface area (Å²) in [7, 11) is 1.49. The average Bonchev–Trinajstić information content (AvgIpc) is 2.88. The highest BCUT2D eigenvalue weighted by atomic mass is 127. The van der Waals surface area contributed by atoms with Gasteiger partial charge in [0.25, 0.3) is 5.91 Å². The molecule has 0 fully saturated rings. The zero-order chi connectivity index (χ0) is 14.0.